The van der Waals surface area contributed by atoms with Crippen LogP contribution < -0.4 is 5.32 Å². The van der Waals surface area contributed by atoms with E-state index in [1.165, 1.54) is 302 Å². The van der Waals surface area contributed by atoms with Gasteiger partial charge in [-0.15, -0.1) is 0 Å². The summed E-state index contributed by atoms with van der Waals surface area (Å²) < 4.78 is 0. The van der Waals surface area contributed by atoms with Gasteiger partial charge in [-0.25, -0.2) is 0 Å². The second-order valence-electron chi connectivity index (χ2n) is 18.2. The SMILES string of the molecule is CCCCCCCCCCCCCCCCCCCCCCCCCCCCCCCCCCCCCNCCCCCCCCCCCCCCC(=O)O. The Hall–Kier alpha value is -0.570. The first-order valence-corrected chi connectivity index (χ1v) is 26.2. The van der Waals surface area contributed by atoms with Crippen molar-refractivity contribution in [2.75, 3.05) is 13.1 Å². The highest BCUT2D eigenvalue weighted by Gasteiger charge is 2.00. The van der Waals surface area contributed by atoms with Crippen LogP contribution in [0.4, 0.5) is 0 Å². The van der Waals surface area contributed by atoms with Crippen LogP contribution in [0.25, 0.3) is 0 Å². The Balaban J connectivity index is 3.06. The highest BCUT2D eigenvalue weighted by molar-refractivity contribution is 5.66. The lowest BCUT2D eigenvalue weighted by Gasteiger charge is -2.06. The van der Waals surface area contributed by atoms with Gasteiger partial charge in [0, 0.05) is 6.42 Å². The maximum Gasteiger partial charge on any atom is 0.303 e. The first kappa shape index (κ1) is 54.4. The zero-order chi connectivity index (χ0) is 39.6. The van der Waals surface area contributed by atoms with E-state index in [2.05, 4.69) is 12.2 Å². The molecule has 0 atom stereocenters. The van der Waals surface area contributed by atoms with Gasteiger partial charge in [0.2, 0.25) is 0 Å². The minimum absolute atomic E-state index is 0.343. The topological polar surface area (TPSA) is 49.3 Å². The highest BCUT2D eigenvalue weighted by Crippen LogP contribution is 2.18. The van der Waals surface area contributed by atoms with Crippen LogP contribution in [-0.2, 0) is 4.79 Å². The molecule has 3 heteroatoms. The second kappa shape index (κ2) is 51.4. The van der Waals surface area contributed by atoms with E-state index < -0.39 is 5.97 Å². The number of hydrogen-bond acceptors (Lipinski definition) is 2. The summed E-state index contributed by atoms with van der Waals surface area (Å²) in [5, 5.41) is 12.3. The normalized spacial score (nSPS) is 11.6. The van der Waals surface area contributed by atoms with Crippen molar-refractivity contribution in [2.45, 2.75) is 315 Å². The van der Waals surface area contributed by atoms with E-state index in [-0.39, 0.29) is 0 Å². The molecule has 330 valence electrons. The van der Waals surface area contributed by atoms with E-state index >= 15 is 0 Å². The van der Waals surface area contributed by atoms with Crippen molar-refractivity contribution in [3.63, 3.8) is 0 Å². The largest absolute Gasteiger partial charge is 0.481 e. The number of carboxylic acids is 1. The van der Waals surface area contributed by atoms with E-state index in [0.717, 1.165) is 12.8 Å². The molecule has 0 aromatic heterocycles. The fourth-order valence-electron chi connectivity index (χ4n) is 8.58. The molecule has 3 nitrogen and oxygen atoms in total. The molecule has 0 bridgehead atoms. The van der Waals surface area contributed by atoms with Crippen LogP contribution in [0.5, 0.6) is 0 Å². The van der Waals surface area contributed by atoms with Gasteiger partial charge in [0.05, 0.1) is 0 Å². The summed E-state index contributed by atoms with van der Waals surface area (Å²) in [5.74, 6) is -0.650. The Kier molecular flexibility index (Phi) is 50.9. The molecular weight excluding hydrogens is 671 g/mol. The molecule has 0 rings (SSSR count). The Labute approximate surface area is 348 Å². The smallest absolute Gasteiger partial charge is 0.303 e. The van der Waals surface area contributed by atoms with Crippen molar-refractivity contribution in [3.8, 4) is 0 Å². The average Bonchev–Trinajstić information content (AvgIpc) is 3.18. The fraction of sp³-hybridized carbons (Fsp3) is 0.981. The minimum atomic E-state index is -0.650. The summed E-state index contributed by atoms with van der Waals surface area (Å²) in [6, 6.07) is 0. The average molecular weight is 776 g/mol. The summed E-state index contributed by atoms with van der Waals surface area (Å²) in [5.41, 5.74) is 0. The van der Waals surface area contributed by atoms with Crippen molar-refractivity contribution in [3.05, 3.63) is 0 Å². The van der Waals surface area contributed by atoms with E-state index in [0.29, 0.717) is 6.42 Å². The summed E-state index contributed by atoms with van der Waals surface area (Å²) in [6.45, 7) is 4.74. The van der Waals surface area contributed by atoms with E-state index in [1.54, 1.807) is 0 Å². The van der Waals surface area contributed by atoms with Gasteiger partial charge >= 0.3 is 5.97 Å². The molecular formula is C52H105NO2. The lowest BCUT2D eigenvalue weighted by atomic mass is 10.0. The Morgan fingerprint density at radius 1 is 0.273 bits per heavy atom. The van der Waals surface area contributed by atoms with Crippen LogP contribution in [0.1, 0.15) is 315 Å². The lowest BCUT2D eigenvalue weighted by molar-refractivity contribution is -0.137. The fourth-order valence-corrected chi connectivity index (χ4v) is 8.58. The monoisotopic (exact) mass is 776 g/mol. The first-order chi connectivity index (χ1) is 27.3. The third kappa shape index (κ3) is 53.4. The van der Waals surface area contributed by atoms with Crippen molar-refractivity contribution in [1.29, 1.82) is 0 Å². The van der Waals surface area contributed by atoms with Gasteiger partial charge in [-0.05, 0) is 32.4 Å². The minimum Gasteiger partial charge on any atom is -0.481 e. The third-order valence-electron chi connectivity index (χ3n) is 12.5. The van der Waals surface area contributed by atoms with E-state index in [9.17, 15) is 4.79 Å². The van der Waals surface area contributed by atoms with Crippen LogP contribution in [-0.4, -0.2) is 24.2 Å². The van der Waals surface area contributed by atoms with Gasteiger partial charge < -0.3 is 10.4 Å². The Morgan fingerprint density at radius 3 is 0.618 bits per heavy atom. The maximum atomic E-state index is 10.5. The molecule has 2 N–H and O–H groups in total. The van der Waals surface area contributed by atoms with Gasteiger partial charge in [-0.3, -0.25) is 4.79 Å². The summed E-state index contributed by atoms with van der Waals surface area (Å²) >= 11 is 0. The summed E-state index contributed by atoms with van der Waals surface area (Å²) in [6.07, 6.45) is 67.2. The second-order valence-corrected chi connectivity index (χ2v) is 18.2. The van der Waals surface area contributed by atoms with Crippen molar-refractivity contribution in [2.24, 2.45) is 0 Å². The predicted molar refractivity (Wildman–Crippen MR) is 248 cm³/mol. The number of nitrogens with one attached hydrogen (secondary N) is 1. The standard InChI is InChI=1S/C52H105NO2/c1-2-3-4-5-6-7-8-9-10-11-12-13-14-15-16-17-18-19-20-21-22-23-24-25-26-27-28-29-30-32-35-38-41-44-47-50-53-51-48-45-42-39-36-33-31-34-37-40-43-46-49-52(54)55/h53H,2-51H2,1H3,(H,54,55). The number of carbonyl (C=O) groups is 1. The molecule has 0 heterocycles. The van der Waals surface area contributed by atoms with Crippen molar-refractivity contribution in [1.82, 2.24) is 5.32 Å². The number of carboxylic acid groups (broad SMARTS) is 1. The van der Waals surface area contributed by atoms with Gasteiger partial charge in [0.15, 0.2) is 0 Å². The molecule has 0 radical (unpaired) electrons. The molecule has 55 heavy (non-hydrogen) atoms. The van der Waals surface area contributed by atoms with Crippen LogP contribution in [0.2, 0.25) is 0 Å². The van der Waals surface area contributed by atoms with Gasteiger partial charge in [-0.2, -0.15) is 0 Å². The van der Waals surface area contributed by atoms with Crippen molar-refractivity contribution < 1.29 is 9.90 Å². The number of rotatable bonds is 51. The lowest BCUT2D eigenvalue weighted by Crippen LogP contribution is -2.16. The maximum absolute atomic E-state index is 10.5. The Bertz CT molecular complexity index is 681. The van der Waals surface area contributed by atoms with Gasteiger partial charge in [0.25, 0.3) is 0 Å². The van der Waals surface area contributed by atoms with Crippen LogP contribution >= 0.6 is 0 Å². The van der Waals surface area contributed by atoms with E-state index in [1.807, 2.05) is 0 Å². The third-order valence-corrected chi connectivity index (χ3v) is 12.5. The van der Waals surface area contributed by atoms with Crippen LogP contribution in [0, 0.1) is 0 Å². The van der Waals surface area contributed by atoms with Gasteiger partial charge in [-0.1, -0.05) is 289 Å². The quantitative estimate of drug-likeness (QED) is 0.0605. The number of aliphatic carboxylic acids is 1. The molecule has 0 fully saturated rings. The van der Waals surface area contributed by atoms with Gasteiger partial charge in [0.1, 0.15) is 0 Å². The molecule has 0 aliphatic heterocycles. The summed E-state index contributed by atoms with van der Waals surface area (Å²) in [7, 11) is 0. The zero-order valence-electron chi connectivity index (χ0n) is 38.2. The molecule has 0 spiro atoms. The molecule has 0 amide bonds. The van der Waals surface area contributed by atoms with Crippen LogP contribution in [0.15, 0.2) is 0 Å². The molecule has 0 aromatic carbocycles. The van der Waals surface area contributed by atoms with Crippen molar-refractivity contribution >= 4 is 5.97 Å². The molecule has 0 saturated heterocycles. The molecule has 0 unspecified atom stereocenters. The Morgan fingerprint density at radius 2 is 0.436 bits per heavy atom. The molecule has 0 aromatic rings. The molecule has 0 aliphatic carbocycles. The van der Waals surface area contributed by atoms with Crippen LogP contribution in [0.3, 0.4) is 0 Å². The van der Waals surface area contributed by atoms with E-state index in [4.69, 9.17) is 5.11 Å². The number of unbranched alkanes of at least 4 members (excludes halogenated alkanes) is 45. The zero-order valence-corrected chi connectivity index (χ0v) is 38.2. The summed E-state index contributed by atoms with van der Waals surface area (Å²) in [4.78, 5) is 10.5. The molecule has 0 saturated carbocycles. The number of hydrogen-bond donors (Lipinski definition) is 2. The highest BCUT2D eigenvalue weighted by atomic mass is 16.4. The molecule has 0 aliphatic rings. The first-order valence-electron chi connectivity index (χ1n) is 26.2. The predicted octanol–water partition coefficient (Wildman–Crippen LogP) is 18.4.